The van der Waals surface area contributed by atoms with Gasteiger partial charge in [-0.25, -0.2) is 4.98 Å². The van der Waals surface area contributed by atoms with Crippen LogP contribution in [0.3, 0.4) is 0 Å². The maximum absolute atomic E-state index is 11.7. The third kappa shape index (κ3) is 2.19. The lowest BCUT2D eigenvalue weighted by Gasteiger charge is -2.18. The van der Waals surface area contributed by atoms with Gasteiger partial charge in [0.05, 0.1) is 5.56 Å². The number of aromatic amines is 1. The third-order valence-electron chi connectivity index (χ3n) is 2.95. The topological polar surface area (TPSA) is 57.8 Å². The van der Waals surface area contributed by atoms with Crippen LogP contribution in [0.25, 0.3) is 0 Å². The van der Waals surface area contributed by atoms with E-state index < -0.39 is 0 Å². The molecule has 1 aromatic heterocycles. The lowest BCUT2D eigenvalue weighted by atomic mass is 9.97. The molecule has 0 spiro atoms. The van der Waals surface area contributed by atoms with Gasteiger partial charge in [-0.3, -0.25) is 4.79 Å². The number of hydrogen-bond donors (Lipinski definition) is 2. The minimum Gasteiger partial charge on any atom is -0.370 e. The predicted molar refractivity (Wildman–Crippen MR) is 60.2 cm³/mol. The van der Waals surface area contributed by atoms with Gasteiger partial charge in [-0.15, -0.1) is 0 Å². The van der Waals surface area contributed by atoms with Crippen molar-refractivity contribution in [2.45, 2.75) is 33.1 Å². The number of H-pyrrole nitrogens is 1. The number of anilines is 1. The van der Waals surface area contributed by atoms with Crippen LogP contribution in [0.1, 0.15) is 31.2 Å². The molecule has 2 rings (SSSR count). The predicted octanol–water partition coefficient (Wildman–Crippen LogP) is 1.46. The molecule has 4 nitrogen and oxygen atoms in total. The zero-order valence-electron chi connectivity index (χ0n) is 9.26. The molecule has 0 amide bonds. The van der Waals surface area contributed by atoms with Gasteiger partial charge in [0.2, 0.25) is 0 Å². The lowest BCUT2D eigenvalue weighted by Crippen LogP contribution is -2.23. The van der Waals surface area contributed by atoms with Gasteiger partial charge in [0.25, 0.3) is 5.56 Å². The Bertz CT molecular complexity index is 411. The second-order valence-corrected chi connectivity index (χ2v) is 4.34. The molecule has 4 heteroatoms. The second-order valence-electron chi connectivity index (χ2n) is 4.34. The molecule has 2 N–H and O–H groups in total. The summed E-state index contributed by atoms with van der Waals surface area (Å²) in [6.45, 7) is 4.94. The minimum atomic E-state index is 0.0131. The van der Waals surface area contributed by atoms with Crippen molar-refractivity contribution in [1.29, 1.82) is 0 Å². The molecule has 1 unspecified atom stereocenters. The molecule has 0 aromatic carbocycles. The van der Waals surface area contributed by atoms with Gasteiger partial charge in [0.1, 0.15) is 11.6 Å². The maximum Gasteiger partial charge on any atom is 0.256 e. The largest absolute Gasteiger partial charge is 0.370 e. The van der Waals surface area contributed by atoms with E-state index >= 15 is 0 Å². The van der Waals surface area contributed by atoms with Gasteiger partial charge in [0.15, 0.2) is 0 Å². The number of hydrogen-bond acceptors (Lipinski definition) is 3. The van der Waals surface area contributed by atoms with Crippen LogP contribution in [0.4, 0.5) is 5.82 Å². The van der Waals surface area contributed by atoms with Crippen LogP contribution in [-0.4, -0.2) is 16.5 Å². The molecule has 0 bridgehead atoms. The van der Waals surface area contributed by atoms with Crippen molar-refractivity contribution in [1.82, 2.24) is 9.97 Å². The highest BCUT2D eigenvalue weighted by molar-refractivity contribution is 5.43. The number of aromatic nitrogens is 2. The summed E-state index contributed by atoms with van der Waals surface area (Å²) < 4.78 is 0. The first kappa shape index (κ1) is 10.2. The van der Waals surface area contributed by atoms with Crippen molar-refractivity contribution in [2.24, 2.45) is 5.92 Å². The average Bonchev–Trinajstić information content (AvgIpc) is 2.13. The molecule has 2 heterocycles. The Morgan fingerprint density at radius 3 is 3.00 bits per heavy atom. The second kappa shape index (κ2) is 4.04. The van der Waals surface area contributed by atoms with Crippen molar-refractivity contribution in [3.8, 4) is 0 Å². The van der Waals surface area contributed by atoms with Gasteiger partial charge < -0.3 is 10.3 Å². The number of fused-ring (bicyclic) bond motifs is 1. The van der Waals surface area contributed by atoms with Gasteiger partial charge in [0, 0.05) is 6.54 Å². The Morgan fingerprint density at radius 2 is 2.20 bits per heavy atom. The van der Waals surface area contributed by atoms with Crippen molar-refractivity contribution >= 4 is 5.82 Å². The van der Waals surface area contributed by atoms with E-state index in [4.69, 9.17) is 0 Å². The molecular formula is C11H17N3O. The highest BCUT2D eigenvalue weighted by Crippen LogP contribution is 2.18. The Morgan fingerprint density at radius 1 is 1.40 bits per heavy atom. The summed E-state index contributed by atoms with van der Waals surface area (Å²) in [7, 11) is 0. The zero-order chi connectivity index (χ0) is 10.8. The fourth-order valence-electron chi connectivity index (χ4n) is 1.96. The van der Waals surface area contributed by atoms with E-state index in [0.717, 1.165) is 37.2 Å². The average molecular weight is 207 g/mol. The quantitative estimate of drug-likeness (QED) is 0.677. The Balaban J connectivity index is 2.39. The van der Waals surface area contributed by atoms with Crippen LogP contribution < -0.4 is 10.9 Å². The Hall–Kier alpha value is -1.32. The van der Waals surface area contributed by atoms with E-state index in [1.165, 1.54) is 0 Å². The Kier molecular flexibility index (Phi) is 2.75. The molecule has 1 atom stereocenters. The molecule has 0 radical (unpaired) electrons. The van der Waals surface area contributed by atoms with Crippen molar-refractivity contribution < 1.29 is 0 Å². The first-order chi connectivity index (χ1) is 7.16. The van der Waals surface area contributed by atoms with Crippen LogP contribution >= 0.6 is 0 Å². The number of nitrogens with zero attached hydrogens (tertiary/aromatic N) is 1. The molecule has 0 fully saturated rings. The van der Waals surface area contributed by atoms with Crippen LogP contribution in [0.5, 0.6) is 0 Å². The van der Waals surface area contributed by atoms with E-state index in [2.05, 4.69) is 22.2 Å². The van der Waals surface area contributed by atoms with E-state index in [1.807, 2.05) is 6.92 Å². The number of nitrogens with one attached hydrogen (secondary N) is 2. The monoisotopic (exact) mass is 207 g/mol. The molecule has 82 valence electrons. The van der Waals surface area contributed by atoms with Crippen molar-refractivity contribution in [3.63, 3.8) is 0 Å². The summed E-state index contributed by atoms with van der Waals surface area (Å²) in [4.78, 5) is 18.8. The molecule has 0 saturated heterocycles. The van der Waals surface area contributed by atoms with Gasteiger partial charge in [-0.2, -0.15) is 0 Å². The smallest absolute Gasteiger partial charge is 0.256 e. The molecule has 1 aliphatic rings. The van der Waals surface area contributed by atoms with Gasteiger partial charge >= 0.3 is 0 Å². The third-order valence-corrected chi connectivity index (χ3v) is 2.95. The maximum atomic E-state index is 11.7. The lowest BCUT2D eigenvalue weighted by molar-refractivity contribution is 0.497. The van der Waals surface area contributed by atoms with Crippen LogP contribution in [0.15, 0.2) is 4.79 Å². The molecule has 0 aliphatic carbocycles. The fraction of sp³-hybridized carbons (Fsp3) is 0.636. The summed E-state index contributed by atoms with van der Waals surface area (Å²) in [5.41, 5.74) is 0.825. The summed E-state index contributed by atoms with van der Waals surface area (Å²) in [6.07, 6.45) is 3.04. The molecule has 1 aromatic rings. The molecule has 0 saturated carbocycles. The van der Waals surface area contributed by atoms with E-state index in [1.54, 1.807) is 0 Å². The number of rotatable bonds is 0. The van der Waals surface area contributed by atoms with E-state index in [0.29, 0.717) is 11.7 Å². The van der Waals surface area contributed by atoms with Crippen molar-refractivity contribution in [3.05, 3.63) is 21.7 Å². The summed E-state index contributed by atoms with van der Waals surface area (Å²) in [5.74, 6) is 2.13. The Labute approximate surface area is 89.1 Å². The zero-order valence-corrected chi connectivity index (χ0v) is 9.26. The van der Waals surface area contributed by atoms with Crippen molar-refractivity contribution in [2.75, 3.05) is 11.9 Å². The van der Waals surface area contributed by atoms with Gasteiger partial charge in [-0.1, -0.05) is 6.92 Å². The first-order valence-electron chi connectivity index (χ1n) is 5.50. The van der Waals surface area contributed by atoms with E-state index in [9.17, 15) is 4.79 Å². The first-order valence-corrected chi connectivity index (χ1v) is 5.50. The van der Waals surface area contributed by atoms with E-state index in [-0.39, 0.29) is 5.56 Å². The minimum absolute atomic E-state index is 0.0131. The van der Waals surface area contributed by atoms with Gasteiger partial charge in [-0.05, 0) is 32.1 Å². The summed E-state index contributed by atoms with van der Waals surface area (Å²) in [6, 6.07) is 0. The highest BCUT2D eigenvalue weighted by Gasteiger charge is 2.14. The highest BCUT2D eigenvalue weighted by atomic mass is 16.1. The number of aryl methyl sites for hydroxylation is 1. The fourth-order valence-corrected chi connectivity index (χ4v) is 1.96. The summed E-state index contributed by atoms with van der Waals surface area (Å²) >= 11 is 0. The standard InChI is InChI=1S/C11H17N3O/c1-7-3-4-9-10(12-6-5-7)13-8(2)14-11(9)15/h7H,3-6H2,1-2H3,(H2,12,13,14,15). The summed E-state index contributed by atoms with van der Waals surface area (Å²) in [5, 5.41) is 3.25. The molecule has 1 aliphatic heterocycles. The van der Waals surface area contributed by atoms with Crippen LogP contribution in [0.2, 0.25) is 0 Å². The SMILES string of the molecule is Cc1nc2c(c(=O)[nH]1)CCC(C)CCN2. The molecule has 15 heavy (non-hydrogen) atoms. The van der Waals surface area contributed by atoms with Crippen LogP contribution in [-0.2, 0) is 6.42 Å². The van der Waals surface area contributed by atoms with Crippen LogP contribution in [0, 0.1) is 12.8 Å². The normalized spacial score (nSPS) is 21.1. The molecular weight excluding hydrogens is 190 g/mol.